The van der Waals surface area contributed by atoms with Crippen LogP contribution in [0, 0.1) is 6.92 Å². The van der Waals surface area contributed by atoms with Crippen molar-refractivity contribution in [3.63, 3.8) is 0 Å². The Morgan fingerprint density at radius 1 is 1.24 bits per heavy atom. The van der Waals surface area contributed by atoms with Gasteiger partial charge in [0, 0.05) is 23.5 Å². The maximum atomic E-state index is 12.0. The Balaban J connectivity index is 2.35. The highest BCUT2D eigenvalue weighted by Gasteiger charge is 2.13. The largest absolute Gasteiger partial charge is 0.329 e. The summed E-state index contributed by atoms with van der Waals surface area (Å²) in [5.74, 6) is -0.518. The Bertz CT molecular complexity index is 856. The number of nitrogens with two attached hydrogens (primary N) is 1. The van der Waals surface area contributed by atoms with E-state index in [9.17, 15) is 18.0 Å². The minimum absolute atomic E-state index is 0.102. The molecular weight excluding hydrogens is 294 g/mol. The van der Waals surface area contributed by atoms with Crippen molar-refractivity contribution in [3.8, 4) is 0 Å². The minimum Gasteiger partial charge on any atom is -0.329 e. The Labute approximate surface area is 120 Å². The highest BCUT2D eigenvalue weighted by Crippen LogP contribution is 2.20. The van der Waals surface area contributed by atoms with Gasteiger partial charge in [0.15, 0.2) is 0 Å². The molecule has 0 aliphatic heterocycles. The van der Waals surface area contributed by atoms with Gasteiger partial charge in [0.25, 0.3) is 5.91 Å². The van der Waals surface area contributed by atoms with Crippen molar-refractivity contribution in [2.24, 2.45) is 5.14 Å². The summed E-state index contributed by atoms with van der Waals surface area (Å²) in [6.07, 6.45) is 1.35. The summed E-state index contributed by atoms with van der Waals surface area (Å²) in [4.78, 5) is 25.5. The van der Waals surface area contributed by atoms with Crippen LogP contribution >= 0.6 is 0 Å². The standard InChI is InChI=1S/C13H13N3O4S/c1-8-2-3-10(21(14,19)20)7-11(8)16-13(18)9-4-5-15-12(17)6-9/h2-7H,1H3,(H,15,17)(H,16,18)(H2,14,19,20). The molecule has 0 fully saturated rings. The average molecular weight is 307 g/mol. The van der Waals surface area contributed by atoms with Crippen molar-refractivity contribution >= 4 is 21.6 Å². The first kappa shape index (κ1) is 14.9. The molecule has 0 radical (unpaired) electrons. The van der Waals surface area contributed by atoms with Crippen LogP contribution in [0.4, 0.5) is 5.69 Å². The Kier molecular flexibility index (Phi) is 3.92. The molecule has 4 N–H and O–H groups in total. The van der Waals surface area contributed by atoms with Crippen LogP contribution in [0.1, 0.15) is 15.9 Å². The van der Waals surface area contributed by atoms with Gasteiger partial charge in [-0.15, -0.1) is 0 Å². The number of nitrogens with one attached hydrogen (secondary N) is 2. The second-order valence-corrected chi connectivity index (χ2v) is 5.98. The van der Waals surface area contributed by atoms with E-state index in [-0.39, 0.29) is 10.5 Å². The van der Waals surface area contributed by atoms with Gasteiger partial charge in [0.1, 0.15) is 0 Å². The van der Waals surface area contributed by atoms with E-state index in [1.54, 1.807) is 6.92 Å². The fourth-order valence-corrected chi connectivity index (χ4v) is 2.23. The topological polar surface area (TPSA) is 122 Å². The van der Waals surface area contributed by atoms with Crippen molar-refractivity contribution in [2.75, 3.05) is 5.32 Å². The van der Waals surface area contributed by atoms with Crippen LogP contribution < -0.4 is 16.0 Å². The first-order valence-electron chi connectivity index (χ1n) is 5.91. The molecule has 0 atom stereocenters. The number of sulfonamides is 1. The van der Waals surface area contributed by atoms with Crippen molar-refractivity contribution in [1.29, 1.82) is 0 Å². The quantitative estimate of drug-likeness (QED) is 0.767. The summed E-state index contributed by atoms with van der Waals surface area (Å²) in [5.41, 5.74) is 0.740. The maximum Gasteiger partial charge on any atom is 0.255 e. The predicted octanol–water partition coefficient (Wildman–Crippen LogP) is 0.583. The van der Waals surface area contributed by atoms with E-state index in [1.807, 2.05) is 0 Å². The van der Waals surface area contributed by atoms with Crippen molar-refractivity contribution in [1.82, 2.24) is 4.98 Å². The molecule has 110 valence electrons. The van der Waals surface area contributed by atoms with E-state index < -0.39 is 21.5 Å². The molecular formula is C13H13N3O4S. The lowest BCUT2D eigenvalue weighted by Crippen LogP contribution is -2.17. The molecule has 1 aromatic heterocycles. The number of benzene rings is 1. The Hall–Kier alpha value is -2.45. The molecule has 0 saturated carbocycles. The SMILES string of the molecule is Cc1ccc(S(N)(=O)=O)cc1NC(=O)c1cc[nH]c(=O)c1. The van der Waals surface area contributed by atoms with E-state index in [1.165, 1.54) is 30.5 Å². The summed E-state index contributed by atoms with van der Waals surface area (Å²) >= 11 is 0. The summed E-state index contributed by atoms with van der Waals surface area (Å²) in [5, 5.41) is 7.61. The van der Waals surface area contributed by atoms with Crippen LogP contribution in [0.3, 0.4) is 0 Å². The monoisotopic (exact) mass is 307 g/mol. The van der Waals surface area contributed by atoms with E-state index in [0.29, 0.717) is 11.3 Å². The molecule has 0 spiro atoms. The van der Waals surface area contributed by atoms with Gasteiger partial charge < -0.3 is 10.3 Å². The zero-order chi connectivity index (χ0) is 15.6. The van der Waals surface area contributed by atoms with Gasteiger partial charge in [0.05, 0.1) is 4.90 Å². The fourth-order valence-electron chi connectivity index (χ4n) is 1.69. The van der Waals surface area contributed by atoms with Crippen LogP contribution in [-0.2, 0) is 10.0 Å². The number of rotatable bonds is 3. The molecule has 21 heavy (non-hydrogen) atoms. The van der Waals surface area contributed by atoms with Crippen LogP contribution in [0.15, 0.2) is 46.2 Å². The number of pyridine rings is 1. The first-order valence-corrected chi connectivity index (χ1v) is 7.45. The molecule has 0 aliphatic carbocycles. The molecule has 0 bridgehead atoms. The summed E-state index contributed by atoms with van der Waals surface area (Å²) in [7, 11) is -3.86. The first-order chi connectivity index (χ1) is 9.77. The summed E-state index contributed by atoms with van der Waals surface area (Å²) < 4.78 is 22.6. The number of carbonyl (C=O) groups is 1. The van der Waals surface area contributed by atoms with Gasteiger partial charge in [-0.25, -0.2) is 13.6 Å². The lowest BCUT2D eigenvalue weighted by atomic mass is 10.2. The van der Waals surface area contributed by atoms with Crippen LogP contribution in [-0.4, -0.2) is 19.3 Å². The Morgan fingerprint density at radius 3 is 2.57 bits per heavy atom. The number of aromatic amines is 1. The number of H-pyrrole nitrogens is 1. The molecule has 2 aromatic rings. The van der Waals surface area contributed by atoms with Gasteiger partial charge in [0.2, 0.25) is 15.6 Å². The number of aryl methyl sites for hydroxylation is 1. The van der Waals surface area contributed by atoms with Gasteiger partial charge in [-0.1, -0.05) is 6.07 Å². The van der Waals surface area contributed by atoms with Gasteiger partial charge in [-0.3, -0.25) is 9.59 Å². The third-order valence-corrected chi connectivity index (χ3v) is 3.73. The van der Waals surface area contributed by atoms with Gasteiger partial charge in [-0.2, -0.15) is 0 Å². The summed E-state index contributed by atoms with van der Waals surface area (Å²) in [6, 6.07) is 6.75. The van der Waals surface area contributed by atoms with E-state index in [2.05, 4.69) is 10.3 Å². The fraction of sp³-hybridized carbons (Fsp3) is 0.0769. The molecule has 0 unspecified atom stereocenters. The van der Waals surface area contributed by atoms with Gasteiger partial charge >= 0.3 is 0 Å². The lowest BCUT2D eigenvalue weighted by molar-refractivity contribution is 0.102. The second-order valence-electron chi connectivity index (χ2n) is 4.42. The molecule has 0 saturated heterocycles. The third kappa shape index (κ3) is 3.56. The average Bonchev–Trinajstić information content (AvgIpc) is 2.40. The number of amides is 1. The van der Waals surface area contributed by atoms with Crippen LogP contribution in [0.5, 0.6) is 0 Å². The van der Waals surface area contributed by atoms with E-state index >= 15 is 0 Å². The molecule has 1 heterocycles. The Morgan fingerprint density at radius 2 is 1.95 bits per heavy atom. The summed E-state index contributed by atoms with van der Waals surface area (Å²) in [6.45, 7) is 1.71. The number of hydrogen-bond acceptors (Lipinski definition) is 4. The van der Waals surface area contributed by atoms with E-state index in [4.69, 9.17) is 5.14 Å². The zero-order valence-corrected chi connectivity index (χ0v) is 11.9. The number of anilines is 1. The van der Waals surface area contributed by atoms with Crippen molar-refractivity contribution in [3.05, 3.63) is 58.0 Å². The second kappa shape index (κ2) is 5.51. The number of primary sulfonamides is 1. The zero-order valence-electron chi connectivity index (χ0n) is 11.1. The van der Waals surface area contributed by atoms with Crippen molar-refractivity contribution in [2.45, 2.75) is 11.8 Å². The normalized spacial score (nSPS) is 11.1. The third-order valence-electron chi connectivity index (χ3n) is 2.82. The molecule has 1 amide bonds. The maximum absolute atomic E-state index is 12.0. The highest BCUT2D eigenvalue weighted by molar-refractivity contribution is 7.89. The predicted molar refractivity (Wildman–Crippen MR) is 77.6 cm³/mol. The number of hydrogen-bond donors (Lipinski definition) is 3. The minimum atomic E-state index is -3.86. The van der Waals surface area contributed by atoms with E-state index in [0.717, 1.165) is 6.07 Å². The molecule has 8 heteroatoms. The highest BCUT2D eigenvalue weighted by atomic mass is 32.2. The molecule has 2 rings (SSSR count). The molecule has 0 aliphatic rings. The molecule has 1 aromatic carbocycles. The number of aromatic nitrogens is 1. The van der Waals surface area contributed by atoms with Gasteiger partial charge in [-0.05, 0) is 30.7 Å². The lowest BCUT2D eigenvalue weighted by Gasteiger charge is -2.09. The van der Waals surface area contributed by atoms with Crippen LogP contribution in [0.25, 0.3) is 0 Å². The van der Waals surface area contributed by atoms with Crippen LogP contribution in [0.2, 0.25) is 0 Å². The number of carbonyl (C=O) groups excluding carboxylic acids is 1. The molecule has 7 nitrogen and oxygen atoms in total. The smallest absolute Gasteiger partial charge is 0.255 e. The van der Waals surface area contributed by atoms with Crippen molar-refractivity contribution < 1.29 is 13.2 Å².